The van der Waals surface area contributed by atoms with Crippen molar-refractivity contribution in [2.24, 2.45) is 0 Å². The van der Waals surface area contributed by atoms with E-state index in [0.29, 0.717) is 5.62 Å². The van der Waals surface area contributed by atoms with E-state index in [2.05, 4.69) is 26.0 Å². The standard InChI is InChI=1S/C11H15N3/c1-3-13-9-7-5-6-8-10(9)14(4-2)11(13)12/h5-8,12H,3-4H2,1-2H3. The molecule has 2 rings (SSSR count). The quantitative estimate of drug-likeness (QED) is 0.749. The van der Waals surface area contributed by atoms with E-state index in [-0.39, 0.29) is 0 Å². The molecule has 1 aromatic carbocycles. The van der Waals surface area contributed by atoms with Crippen molar-refractivity contribution in [1.29, 1.82) is 5.41 Å². The van der Waals surface area contributed by atoms with E-state index in [1.54, 1.807) is 0 Å². The molecule has 2 aromatic rings. The zero-order valence-electron chi connectivity index (χ0n) is 8.62. The van der Waals surface area contributed by atoms with E-state index in [9.17, 15) is 0 Å². The lowest BCUT2D eigenvalue weighted by Gasteiger charge is -1.97. The van der Waals surface area contributed by atoms with E-state index in [0.717, 1.165) is 24.1 Å². The Morgan fingerprint density at radius 1 is 1.00 bits per heavy atom. The first-order valence-electron chi connectivity index (χ1n) is 5.02. The Labute approximate surface area is 83.1 Å². The first kappa shape index (κ1) is 9.06. The number of benzene rings is 1. The molecule has 3 heteroatoms. The molecule has 1 N–H and O–H groups in total. The van der Waals surface area contributed by atoms with Crippen molar-refractivity contribution < 1.29 is 0 Å². The van der Waals surface area contributed by atoms with Gasteiger partial charge in [-0.05, 0) is 26.0 Å². The van der Waals surface area contributed by atoms with E-state index in [1.165, 1.54) is 0 Å². The van der Waals surface area contributed by atoms with Gasteiger partial charge in [-0.3, -0.25) is 5.41 Å². The van der Waals surface area contributed by atoms with Crippen LogP contribution < -0.4 is 5.62 Å². The zero-order chi connectivity index (χ0) is 10.1. The Hall–Kier alpha value is -1.51. The van der Waals surface area contributed by atoms with Crippen LogP contribution in [0.3, 0.4) is 0 Å². The van der Waals surface area contributed by atoms with Crippen molar-refractivity contribution in [3.8, 4) is 0 Å². The van der Waals surface area contributed by atoms with Gasteiger partial charge in [0.15, 0.2) is 0 Å². The Balaban J connectivity index is 2.92. The van der Waals surface area contributed by atoms with Crippen molar-refractivity contribution in [3.05, 3.63) is 29.9 Å². The fourth-order valence-electron chi connectivity index (χ4n) is 1.93. The molecule has 0 saturated heterocycles. The molecule has 0 saturated carbocycles. The third-order valence-corrected chi connectivity index (χ3v) is 2.61. The van der Waals surface area contributed by atoms with Crippen LogP contribution >= 0.6 is 0 Å². The van der Waals surface area contributed by atoms with Gasteiger partial charge in [-0.15, -0.1) is 0 Å². The summed E-state index contributed by atoms with van der Waals surface area (Å²) in [6.07, 6.45) is 0. The fourth-order valence-corrected chi connectivity index (χ4v) is 1.93. The number of hydrogen-bond donors (Lipinski definition) is 1. The lowest BCUT2D eigenvalue weighted by Crippen LogP contribution is -2.23. The molecule has 0 atom stereocenters. The molecule has 0 aliphatic heterocycles. The molecule has 3 nitrogen and oxygen atoms in total. The van der Waals surface area contributed by atoms with Gasteiger partial charge in [0.2, 0.25) is 5.62 Å². The normalized spacial score (nSPS) is 11.0. The Kier molecular flexibility index (Phi) is 2.15. The number of fused-ring (bicyclic) bond motifs is 1. The minimum atomic E-state index is 0.594. The first-order chi connectivity index (χ1) is 6.79. The minimum Gasteiger partial charge on any atom is -0.311 e. The largest absolute Gasteiger partial charge is 0.311 e. The molecular weight excluding hydrogens is 174 g/mol. The summed E-state index contributed by atoms with van der Waals surface area (Å²) < 4.78 is 4.05. The van der Waals surface area contributed by atoms with Crippen molar-refractivity contribution in [2.45, 2.75) is 26.9 Å². The molecular formula is C11H15N3. The average Bonchev–Trinajstić information content (AvgIpc) is 2.49. The molecule has 1 aromatic heterocycles. The molecule has 0 aliphatic rings. The smallest absolute Gasteiger partial charge is 0.202 e. The average molecular weight is 189 g/mol. The first-order valence-corrected chi connectivity index (χ1v) is 5.02. The lowest BCUT2D eigenvalue weighted by molar-refractivity contribution is 0.637. The SMILES string of the molecule is CCn1c(=N)n(CC)c2ccccc21. The molecule has 0 aliphatic carbocycles. The number of hydrogen-bond acceptors (Lipinski definition) is 1. The maximum absolute atomic E-state index is 8.00. The third kappa shape index (κ3) is 1.09. The van der Waals surface area contributed by atoms with Gasteiger partial charge in [-0.1, -0.05) is 12.1 Å². The van der Waals surface area contributed by atoms with Crippen LogP contribution in [0, 0.1) is 5.41 Å². The van der Waals surface area contributed by atoms with Gasteiger partial charge >= 0.3 is 0 Å². The van der Waals surface area contributed by atoms with Crippen molar-refractivity contribution in [1.82, 2.24) is 9.13 Å². The fraction of sp³-hybridized carbons (Fsp3) is 0.364. The van der Waals surface area contributed by atoms with Gasteiger partial charge in [0.05, 0.1) is 11.0 Å². The number of nitrogens with one attached hydrogen (secondary N) is 1. The van der Waals surface area contributed by atoms with Crippen LogP contribution in [0.5, 0.6) is 0 Å². The van der Waals surface area contributed by atoms with Crippen LogP contribution in [-0.4, -0.2) is 9.13 Å². The summed E-state index contributed by atoms with van der Waals surface area (Å²) in [5.41, 5.74) is 2.90. The van der Waals surface area contributed by atoms with Crippen LogP contribution in [-0.2, 0) is 13.1 Å². The highest BCUT2D eigenvalue weighted by molar-refractivity contribution is 5.75. The summed E-state index contributed by atoms with van der Waals surface area (Å²) in [7, 11) is 0. The molecule has 0 unspecified atom stereocenters. The molecule has 0 radical (unpaired) electrons. The Morgan fingerprint density at radius 2 is 1.43 bits per heavy atom. The van der Waals surface area contributed by atoms with Gasteiger partial charge in [0, 0.05) is 13.1 Å². The Morgan fingerprint density at radius 3 is 1.79 bits per heavy atom. The second-order valence-electron chi connectivity index (χ2n) is 3.30. The highest BCUT2D eigenvalue weighted by Crippen LogP contribution is 2.11. The Bertz CT molecular complexity index is 461. The molecule has 0 bridgehead atoms. The van der Waals surface area contributed by atoms with Crippen LogP contribution in [0.2, 0.25) is 0 Å². The summed E-state index contributed by atoms with van der Waals surface area (Å²) in [6.45, 7) is 5.85. The second-order valence-corrected chi connectivity index (χ2v) is 3.30. The predicted octanol–water partition coefficient (Wildman–Crippen LogP) is 1.96. The highest BCUT2D eigenvalue weighted by Gasteiger charge is 2.06. The summed E-state index contributed by atoms with van der Waals surface area (Å²) in [5, 5.41) is 8.00. The van der Waals surface area contributed by atoms with Crippen LogP contribution in [0.15, 0.2) is 24.3 Å². The third-order valence-electron chi connectivity index (χ3n) is 2.61. The summed E-state index contributed by atoms with van der Waals surface area (Å²) in [4.78, 5) is 0. The molecule has 14 heavy (non-hydrogen) atoms. The number of para-hydroxylation sites is 2. The maximum atomic E-state index is 8.00. The topological polar surface area (TPSA) is 33.7 Å². The maximum Gasteiger partial charge on any atom is 0.202 e. The van der Waals surface area contributed by atoms with E-state index < -0.39 is 0 Å². The van der Waals surface area contributed by atoms with Gasteiger partial charge in [-0.25, -0.2) is 0 Å². The van der Waals surface area contributed by atoms with Crippen molar-refractivity contribution in [3.63, 3.8) is 0 Å². The predicted molar refractivity (Wildman–Crippen MR) is 57.1 cm³/mol. The minimum absolute atomic E-state index is 0.594. The van der Waals surface area contributed by atoms with Gasteiger partial charge in [-0.2, -0.15) is 0 Å². The molecule has 74 valence electrons. The molecule has 0 spiro atoms. The van der Waals surface area contributed by atoms with Crippen molar-refractivity contribution in [2.75, 3.05) is 0 Å². The zero-order valence-corrected chi connectivity index (χ0v) is 8.62. The van der Waals surface area contributed by atoms with E-state index in [4.69, 9.17) is 5.41 Å². The molecule has 0 fully saturated rings. The van der Waals surface area contributed by atoms with Gasteiger partial charge in [0.25, 0.3) is 0 Å². The van der Waals surface area contributed by atoms with Gasteiger partial charge < -0.3 is 9.13 Å². The number of aryl methyl sites for hydroxylation is 2. The number of rotatable bonds is 2. The number of aromatic nitrogens is 2. The highest BCUT2D eigenvalue weighted by atomic mass is 15.2. The van der Waals surface area contributed by atoms with E-state index in [1.807, 2.05) is 21.3 Å². The van der Waals surface area contributed by atoms with Crippen LogP contribution in [0.25, 0.3) is 11.0 Å². The molecule has 1 heterocycles. The molecule has 0 amide bonds. The van der Waals surface area contributed by atoms with Gasteiger partial charge in [0.1, 0.15) is 0 Å². The van der Waals surface area contributed by atoms with E-state index >= 15 is 0 Å². The summed E-state index contributed by atoms with van der Waals surface area (Å²) >= 11 is 0. The van der Waals surface area contributed by atoms with Crippen LogP contribution in [0.4, 0.5) is 0 Å². The number of imidazole rings is 1. The lowest BCUT2D eigenvalue weighted by atomic mass is 10.3. The number of nitrogens with zero attached hydrogens (tertiary/aromatic N) is 2. The summed E-state index contributed by atoms with van der Waals surface area (Å²) in [5.74, 6) is 0. The monoisotopic (exact) mass is 189 g/mol. The van der Waals surface area contributed by atoms with Crippen molar-refractivity contribution >= 4 is 11.0 Å². The van der Waals surface area contributed by atoms with Crippen LogP contribution in [0.1, 0.15) is 13.8 Å². The second kappa shape index (κ2) is 3.33. The summed E-state index contributed by atoms with van der Waals surface area (Å²) in [6, 6.07) is 8.19.